The Morgan fingerprint density at radius 3 is 2.73 bits per heavy atom. The fourth-order valence-electron chi connectivity index (χ4n) is 2.38. The number of nitrogens with one attached hydrogen (secondary N) is 1. The van der Waals surface area contributed by atoms with Crippen LogP contribution in [0, 0.1) is 5.92 Å². The average Bonchev–Trinajstić information content (AvgIpc) is 2.91. The highest BCUT2D eigenvalue weighted by Gasteiger charge is 2.27. The van der Waals surface area contributed by atoms with E-state index in [1.807, 2.05) is 0 Å². The molecule has 2 nitrogen and oxygen atoms in total. The van der Waals surface area contributed by atoms with E-state index in [1.54, 1.807) is 0 Å². The van der Waals surface area contributed by atoms with Crippen LogP contribution in [0.25, 0.3) is 0 Å². The molecular formula is C13H24N2. The Labute approximate surface area is 93.7 Å². The van der Waals surface area contributed by atoms with Gasteiger partial charge in [-0.1, -0.05) is 6.08 Å². The third kappa shape index (κ3) is 3.32. The van der Waals surface area contributed by atoms with Gasteiger partial charge in [0.1, 0.15) is 0 Å². The van der Waals surface area contributed by atoms with Crippen molar-refractivity contribution in [3.63, 3.8) is 0 Å². The molecule has 86 valence electrons. The number of nitrogens with zero attached hydrogens (tertiary/aromatic N) is 1. The van der Waals surface area contributed by atoms with Crippen molar-refractivity contribution < 1.29 is 0 Å². The summed E-state index contributed by atoms with van der Waals surface area (Å²) in [5, 5.41) is 3.58. The molecule has 2 unspecified atom stereocenters. The van der Waals surface area contributed by atoms with Gasteiger partial charge in [-0.05, 0) is 45.1 Å². The molecule has 1 aliphatic carbocycles. The quantitative estimate of drug-likeness (QED) is 0.672. The van der Waals surface area contributed by atoms with Gasteiger partial charge in [0.05, 0.1) is 0 Å². The third-order valence-electron chi connectivity index (χ3n) is 3.72. The van der Waals surface area contributed by atoms with Gasteiger partial charge in [-0.25, -0.2) is 0 Å². The molecule has 0 bridgehead atoms. The average molecular weight is 208 g/mol. The predicted molar refractivity (Wildman–Crippen MR) is 65.0 cm³/mol. The lowest BCUT2D eigenvalue weighted by atomic mass is 10.1. The van der Waals surface area contributed by atoms with Crippen LogP contribution in [0.1, 0.15) is 32.6 Å². The third-order valence-corrected chi connectivity index (χ3v) is 3.72. The van der Waals surface area contributed by atoms with E-state index < -0.39 is 0 Å². The molecule has 0 aromatic rings. The van der Waals surface area contributed by atoms with Crippen LogP contribution in [0.5, 0.6) is 0 Å². The van der Waals surface area contributed by atoms with E-state index in [0.717, 1.165) is 12.0 Å². The first-order valence-electron chi connectivity index (χ1n) is 6.39. The van der Waals surface area contributed by atoms with Crippen LogP contribution in [-0.4, -0.2) is 36.6 Å². The number of hydrogen-bond acceptors (Lipinski definition) is 2. The molecule has 1 saturated heterocycles. The summed E-state index contributed by atoms with van der Waals surface area (Å²) in [7, 11) is 0. The van der Waals surface area contributed by atoms with Gasteiger partial charge in [-0.15, -0.1) is 6.58 Å². The highest BCUT2D eigenvalue weighted by atomic mass is 15.2. The zero-order chi connectivity index (χ0) is 10.7. The van der Waals surface area contributed by atoms with E-state index in [1.165, 1.54) is 45.3 Å². The minimum absolute atomic E-state index is 0.535. The Bertz CT molecular complexity index is 205. The maximum Gasteiger partial charge on any atom is 0.0248 e. The van der Waals surface area contributed by atoms with Crippen LogP contribution in [-0.2, 0) is 0 Å². The van der Waals surface area contributed by atoms with Crippen molar-refractivity contribution >= 4 is 0 Å². The first-order chi connectivity index (χ1) is 7.29. The fourth-order valence-corrected chi connectivity index (χ4v) is 2.38. The zero-order valence-corrected chi connectivity index (χ0v) is 9.91. The Hall–Kier alpha value is -0.340. The molecule has 1 saturated carbocycles. The molecule has 0 amide bonds. The van der Waals surface area contributed by atoms with E-state index in [0.29, 0.717) is 6.04 Å². The molecule has 2 atom stereocenters. The largest absolute Gasteiger partial charge is 0.313 e. The van der Waals surface area contributed by atoms with Crippen LogP contribution in [0.15, 0.2) is 12.7 Å². The van der Waals surface area contributed by atoms with Crippen LogP contribution < -0.4 is 5.32 Å². The highest BCUT2D eigenvalue weighted by molar-refractivity contribution is 4.90. The summed E-state index contributed by atoms with van der Waals surface area (Å²) in [6.45, 7) is 9.90. The molecule has 2 heteroatoms. The van der Waals surface area contributed by atoms with Gasteiger partial charge in [-0.2, -0.15) is 0 Å². The smallest absolute Gasteiger partial charge is 0.0248 e. The van der Waals surface area contributed by atoms with E-state index >= 15 is 0 Å². The molecule has 2 aliphatic rings. The molecule has 1 heterocycles. The summed E-state index contributed by atoms with van der Waals surface area (Å²) in [5.74, 6) is 0.980. The highest BCUT2D eigenvalue weighted by Crippen LogP contribution is 2.30. The Morgan fingerprint density at radius 2 is 2.20 bits per heavy atom. The van der Waals surface area contributed by atoms with Crippen molar-refractivity contribution in [2.45, 2.75) is 44.7 Å². The SMILES string of the molecule is C=CC(C)N(CC1CC1)CC1CCCN1. The van der Waals surface area contributed by atoms with Crippen molar-refractivity contribution in [1.82, 2.24) is 10.2 Å². The molecule has 15 heavy (non-hydrogen) atoms. The van der Waals surface area contributed by atoms with Crippen LogP contribution >= 0.6 is 0 Å². The van der Waals surface area contributed by atoms with Crippen molar-refractivity contribution in [2.24, 2.45) is 5.92 Å². The van der Waals surface area contributed by atoms with E-state index in [-0.39, 0.29) is 0 Å². The molecule has 0 aromatic carbocycles. The van der Waals surface area contributed by atoms with Gasteiger partial charge in [0.15, 0.2) is 0 Å². The van der Waals surface area contributed by atoms with Gasteiger partial charge >= 0.3 is 0 Å². The number of hydrogen-bond donors (Lipinski definition) is 1. The summed E-state index contributed by atoms with van der Waals surface area (Å²) < 4.78 is 0. The number of rotatable bonds is 6. The minimum Gasteiger partial charge on any atom is -0.313 e. The summed E-state index contributed by atoms with van der Waals surface area (Å²) in [5.41, 5.74) is 0. The maximum atomic E-state index is 3.92. The van der Waals surface area contributed by atoms with Gasteiger partial charge < -0.3 is 5.32 Å². The van der Waals surface area contributed by atoms with Gasteiger partial charge in [0.2, 0.25) is 0 Å². The summed E-state index contributed by atoms with van der Waals surface area (Å²) >= 11 is 0. The predicted octanol–water partition coefficient (Wildman–Crippen LogP) is 2.02. The van der Waals surface area contributed by atoms with Crippen LogP contribution in [0.3, 0.4) is 0 Å². The monoisotopic (exact) mass is 208 g/mol. The second-order valence-corrected chi connectivity index (χ2v) is 5.17. The van der Waals surface area contributed by atoms with Crippen LogP contribution in [0.2, 0.25) is 0 Å². The zero-order valence-electron chi connectivity index (χ0n) is 9.91. The molecule has 0 aromatic heterocycles. The van der Waals surface area contributed by atoms with Crippen molar-refractivity contribution in [2.75, 3.05) is 19.6 Å². The van der Waals surface area contributed by atoms with Crippen molar-refractivity contribution in [1.29, 1.82) is 0 Å². The van der Waals surface area contributed by atoms with E-state index in [9.17, 15) is 0 Å². The van der Waals surface area contributed by atoms with Crippen molar-refractivity contribution in [3.8, 4) is 0 Å². The van der Waals surface area contributed by atoms with E-state index in [4.69, 9.17) is 0 Å². The lowest BCUT2D eigenvalue weighted by Crippen LogP contribution is -2.42. The van der Waals surface area contributed by atoms with Gasteiger partial charge in [-0.3, -0.25) is 4.90 Å². The normalized spacial score (nSPS) is 28.3. The van der Waals surface area contributed by atoms with E-state index in [2.05, 4.69) is 29.8 Å². The first-order valence-corrected chi connectivity index (χ1v) is 6.39. The fraction of sp³-hybridized carbons (Fsp3) is 0.846. The minimum atomic E-state index is 0.535. The first kappa shape index (κ1) is 11.2. The maximum absolute atomic E-state index is 3.92. The van der Waals surface area contributed by atoms with Gasteiger partial charge in [0.25, 0.3) is 0 Å². The molecular weight excluding hydrogens is 184 g/mol. The molecule has 1 aliphatic heterocycles. The molecule has 0 radical (unpaired) electrons. The summed E-state index contributed by atoms with van der Waals surface area (Å²) in [6.07, 6.45) is 7.67. The molecule has 0 spiro atoms. The second kappa shape index (κ2) is 5.13. The summed E-state index contributed by atoms with van der Waals surface area (Å²) in [4.78, 5) is 2.60. The lowest BCUT2D eigenvalue weighted by molar-refractivity contribution is 0.211. The molecule has 2 rings (SSSR count). The Balaban J connectivity index is 1.81. The van der Waals surface area contributed by atoms with Gasteiger partial charge in [0, 0.05) is 25.2 Å². The topological polar surface area (TPSA) is 15.3 Å². The van der Waals surface area contributed by atoms with Crippen molar-refractivity contribution in [3.05, 3.63) is 12.7 Å². The second-order valence-electron chi connectivity index (χ2n) is 5.17. The molecule has 2 fully saturated rings. The summed E-state index contributed by atoms with van der Waals surface area (Å²) in [6, 6.07) is 1.26. The Morgan fingerprint density at radius 1 is 1.40 bits per heavy atom. The standard InChI is InChI=1S/C13H24N2/c1-3-11(2)15(9-12-6-7-12)10-13-5-4-8-14-13/h3,11-14H,1,4-10H2,2H3. The molecule has 1 N–H and O–H groups in total. The lowest BCUT2D eigenvalue weighted by Gasteiger charge is -2.29. The van der Waals surface area contributed by atoms with Crippen LogP contribution in [0.4, 0.5) is 0 Å². The Kier molecular flexibility index (Phi) is 3.81.